The van der Waals surface area contributed by atoms with E-state index in [0.717, 1.165) is 25.7 Å². The van der Waals surface area contributed by atoms with Crippen LogP contribution in [-0.2, 0) is 14.4 Å². The van der Waals surface area contributed by atoms with Gasteiger partial charge in [-0.2, -0.15) is 0 Å². The normalized spacial score (nSPS) is 44.1. The van der Waals surface area contributed by atoms with Crippen LogP contribution in [0.1, 0.15) is 79.5 Å². The van der Waals surface area contributed by atoms with Crippen LogP contribution in [0.5, 0.6) is 0 Å². The molecular formula is C25H36O6. The molecule has 0 radical (unpaired) electrons. The lowest BCUT2D eigenvalue weighted by molar-refractivity contribution is -0.306. The first-order valence-corrected chi connectivity index (χ1v) is 11.8. The third-order valence-electron chi connectivity index (χ3n) is 9.92. The monoisotopic (exact) mass is 432 g/mol. The predicted octanol–water partition coefficient (Wildman–Crippen LogP) is 2.07. The molecule has 2 N–H and O–H groups in total. The molecule has 0 aliphatic heterocycles. The van der Waals surface area contributed by atoms with Gasteiger partial charge in [0, 0.05) is 17.8 Å². The SMILES string of the molecule is C[C@]12CCC(=O)C=C1CC[C@@H]1[C@@H]2[C@@H](O)C[C@@]2(C)[C@H]1CC[C@@]2(CCCC(=O)[O-])C(=O)CO.[H+]. The Labute approximate surface area is 185 Å². The maximum absolute atomic E-state index is 13.1. The van der Waals surface area contributed by atoms with Crippen LogP contribution in [-0.4, -0.2) is 40.5 Å². The maximum Gasteiger partial charge on any atom is 1.00 e. The summed E-state index contributed by atoms with van der Waals surface area (Å²) in [5, 5.41) is 32.3. The van der Waals surface area contributed by atoms with Crippen LogP contribution in [0.15, 0.2) is 11.6 Å². The van der Waals surface area contributed by atoms with Gasteiger partial charge in [-0.1, -0.05) is 19.4 Å². The van der Waals surface area contributed by atoms with Gasteiger partial charge in [-0.15, -0.1) is 0 Å². The summed E-state index contributed by atoms with van der Waals surface area (Å²) >= 11 is 0. The van der Waals surface area contributed by atoms with Gasteiger partial charge in [0.15, 0.2) is 11.6 Å². The minimum atomic E-state index is -1.12. The van der Waals surface area contributed by atoms with Crippen molar-refractivity contribution in [1.82, 2.24) is 0 Å². The van der Waals surface area contributed by atoms with Gasteiger partial charge in [-0.05, 0) is 92.4 Å². The number of rotatable bonds is 6. The smallest absolute Gasteiger partial charge is 0.550 e. The molecule has 31 heavy (non-hydrogen) atoms. The van der Waals surface area contributed by atoms with Gasteiger partial charge in [0.2, 0.25) is 0 Å². The van der Waals surface area contributed by atoms with Crippen molar-refractivity contribution in [2.45, 2.75) is 84.2 Å². The summed E-state index contributed by atoms with van der Waals surface area (Å²) in [6.45, 7) is 3.74. The highest BCUT2D eigenvalue weighted by Crippen LogP contribution is 2.71. The van der Waals surface area contributed by atoms with Crippen LogP contribution in [0.3, 0.4) is 0 Å². The van der Waals surface area contributed by atoms with E-state index in [1.807, 2.05) is 6.08 Å². The van der Waals surface area contributed by atoms with Crippen molar-refractivity contribution in [3.63, 3.8) is 0 Å². The molecule has 0 heterocycles. The quantitative estimate of drug-likeness (QED) is 0.664. The lowest BCUT2D eigenvalue weighted by atomic mass is 9.43. The fraction of sp³-hybridized carbons (Fsp3) is 0.800. The summed E-state index contributed by atoms with van der Waals surface area (Å²) in [5.41, 5.74) is -0.273. The topological polar surface area (TPSA) is 115 Å². The Balaban J connectivity index is 0.00000289. The van der Waals surface area contributed by atoms with Crippen LogP contribution in [0.4, 0.5) is 0 Å². The number of hydrogen-bond acceptors (Lipinski definition) is 6. The fourth-order valence-electron chi connectivity index (χ4n) is 8.50. The molecule has 0 amide bonds. The number of ketones is 2. The molecule has 0 aromatic heterocycles. The first-order chi connectivity index (χ1) is 14.6. The molecule has 0 unspecified atom stereocenters. The molecule has 0 bridgehead atoms. The van der Waals surface area contributed by atoms with Crippen molar-refractivity contribution in [3.8, 4) is 0 Å². The van der Waals surface area contributed by atoms with Gasteiger partial charge in [-0.25, -0.2) is 0 Å². The summed E-state index contributed by atoms with van der Waals surface area (Å²) in [7, 11) is 0. The number of carboxylic acids is 1. The third-order valence-corrected chi connectivity index (χ3v) is 9.92. The molecular weight excluding hydrogens is 396 g/mol. The molecule has 0 aromatic rings. The van der Waals surface area contributed by atoms with Gasteiger partial charge < -0.3 is 20.1 Å². The van der Waals surface area contributed by atoms with E-state index in [9.17, 15) is 29.7 Å². The Morgan fingerprint density at radius 3 is 2.65 bits per heavy atom. The van der Waals surface area contributed by atoms with Gasteiger partial charge in [0.1, 0.15) is 6.61 Å². The largest absolute Gasteiger partial charge is 1.00 e. The summed E-state index contributed by atoms with van der Waals surface area (Å²) in [6, 6.07) is 0. The fourth-order valence-corrected chi connectivity index (χ4v) is 8.50. The Kier molecular flexibility index (Phi) is 5.70. The Morgan fingerprint density at radius 1 is 1.23 bits per heavy atom. The molecule has 4 rings (SSSR count). The number of Topliss-reactive ketones (excluding diaryl/α,β-unsaturated/α-hetero) is 1. The lowest BCUT2D eigenvalue weighted by Crippen LogP contribution is -2.59. The zero-order valence-electron chi connectivity index (χ0n) is 19.7. The molecule has 6 heteroatoms. The van der Waals surface area contributed by atoms with Crippen LogP contribution in [0.25, 0.3) is 0 Å². The second kappa shape index (κ2) is 7.80. The third kappa shape index (κ3) is 3.24. The van der Waals surface area contributed by atoms with Crippen LogP contribution < -0.4 is 5.11 Å². The maximum atomic E-state index is 13.1. The van der Waals surface area contributed by atoms with E-state index in [1.165, 1.54) is 5.57 Å². The molecule has 4 aliphatic rings. The van der Waals surface area contributed by atoms with E-state index in [2.05, 4.69) is 13.8 Å². The number of aliphatic hydroxyl groups excluding tert-OH is 2. The van der Waals surface area contributed by atoms with Crippen molar-refractivity contribution in [2.75, 3.05) is 6.61 Å². The van der Waals surface area contributed by atoms with Gasteiger partial charge in [-0.3, -0.25) is 9.59 Å². The standard InChI is InChI=1S/C25H36O6/c1-23-10-7-16(27)12-15(23)5-6-17-18-8-11-25(20(29)14-26,9-3-4-21(30)31)24(18,2)13-19(28)22(17)23/h12,17-19,22,26,28H,3-11,13-14H2,1-2H3,(H,30,31)/t17-,18-,19-,22+,23-,24-,25-/m0/s1. The van der Waals surface area contributed by atoms with Crippen molar-refractivity contribution in [1.29, 1.82) is 0 Å². The van der Waals surface area contributed by atoms with E-state index >= 15 is 0 Å². The minimum absolute atomic E-state index is 0. The average molecular weight is 433 g/mol. The van der Waals surface area contributed by atoms with Crippen LogP contribution >= 0.6 is 0 Å². The van der Waals surface area contributed by atoms with E-state index in [4.69, 9.17) is 0 Å². The van der Waals surface area contributed by atoms with Crippen molar-refractivity contribution >= 4 is 17.5 Å². The minimum Gasteiger partial charge on any atom is -0.550 e. The number of aliphatic carboxylic acids is 1. The number of fused-ring (bicyclic) bond motifs is 5. The van der Waals surface area contributed by atoms with Gasteiger partial charge >= 0.3 is 1.43 Å². The van der Waals surface area contributed by atoms with Crippen molar-refractivity contribution < 1.29 is 31.1 Å². The predicted molar refractivity (Wildman–Crippen MR) is 113 cm³/mol. The molecule has 0 saturated heterocycles. The average Bonchev–Trinajstić information content (AvgIpc) is 3.00. The second-order valence-corrected chi connectivity index (χ2v) is 11.0. The number of carboxylic acid groups (broad SMARTS) is 1. The molecule has 7 atom stereocenters. The molecule has 6 nitrogen and oxygen atoms in total. The van der Waals surface area contributed by atoms with Crippen molar-refractivity contribution in [3.05, 3.63) is 11.6 Å². The molecule has 172 valence electrons. The zero-order chi connectivity index (χ0) is 22.6. The Morgan fingerprint density at radius 2 is 1.97 bits per heavy atom. The van der Waals surface area contributed by atoms with E-state index in [-0.39, 0.29) is 42.6 Å². The Hall–Kier alpha value is -1.53. The molecule has 4 aliphatic carbocycles. The van der Waals surface area contributed by atoms with E-state index in [0.29, 0.717) is 32.1 Å². The number of carbonyl (C=O) groups is 3. The lowest BCUT2D eigenvalue weighted by Gasteiger charge is -2.61. The van der Waals surface area contributed by atoms with Crippen LogP contribution in [0, 0.1) is 34.0 Å². The number of allylic oxidation sites excluding steroid dienone is 1. The summed E-state index contributed by atoms with van der Waals surface area (Å²) < 4.78 is 0. The molecule has 0 aromatic carbocycles. The van der Waals surface area contributed by atoms with Gasteiger partial charge in [0.05, 0.1) is 6.10 Å². The van der Waals surface area contributed by atoms with Gasteiger partial charge in [0.25, 0.3) is 0 Å². The highest BCUT2D eigenvalue weighted by molar-refractivity contribution is 5.91. The zero-order valence-corrected chi connectivity index (χ0v) is 18.7. The highest BCUT2D eigenvalue weighted by atomic mass is 16.4. The number of aliphatic hydroxyl groups is 2. The molecule has 0 spiro atoms. The number of hydrogen-bond donors (Lipinski definition) is 2. The Bertz CT molecular complexity index is 823. The molecule has 3 saturated carbocycles. The second-order valence-electron chi connectivity index (χ2n) is 11.0. The van der Waals surface area contributed by atoms with Crippen LogP contribution in [0.2, 0.25) is 0 Å². The summed E-state index contributed by atoms with van der Waals surface area (Å²) in [5.74, 6) is -0.577. The number of carbonyl (C=O) groups excluding carboxylic acids is 3. The first kappa shape index (κ1) is 22.7. The van der Waals surface area contributed by atoms with E-state index in [1.54, 1.807) is 0 Å². The van der Waals surface area contributed by atoms with E-state index < -0.39 is 29.5 Å². The summed E-state index contributed by atoms with van der Waals surface area (Å²) in [4.78, 5) is 36.2. The summed E-state index contributed by atoms with van der Waals surface area (Å²) in [6.07, 6.45) is 6.90. The van der Waals surface area contributed by atoms with Crippen molar-refractivity contribution in [2.24, 2.45) is 34.0 Å². The highest BCUT2D eigenvalue weighted by Gasteiger charge is 2.67. The first-order valence-electron chi connectivity index (χ1n) is 11.8. The molecule has 3 fully saturated rings.